The van der Waals surface area contributed by atoms with E-state index < -0.39 is 10.0 Å². The van der Waals surface area contributed by atoms with Gasteiger partial charge in [0.1, 0.15) is 0 Å². The van der Waals surface area contributed by atoms with Crippen LogP contribution in [0.1, 0.15) is 24.8 Å². The van der Waals surface area contributed by atoms with Crippen molar-refractivity contribution in [3.63, 3.8) is 0 Å². The maximum absolute atomic E-state index is 11.7. The summed E-state index contributed by atoms with van der Waals surface area (Å²) in [7, 11) is -3.26. The average Bonchev–Trinajstić information content (AvgIpc) is 2.30. The molecule has 2 N–H and O–H groups in total. The number of aliphatic hydroxyl groups is 1. The molecule has 0 bridgehead atoms. The van der Waals surface area contributed by atoms with Gasteiger partial charge in [0.05, 0.1) is 5.75 Å². The average molecular weight is 257 g/mol. The van der Waals surface area contributed by atoms with E-state index in [2.05, 4.69) is 4.72 Å². The summed E-state index contributed by atoms with van der Waals surface area (Å²) < 4.78 is 25.9. The quantitative estimate of drug-likeness (QED) is 0.719. The van der Waals surface area contributed by atoms with E-state index in [0.717, 1.165) is 5.56 Å². The lowest BCUT2D eigenvalue weighted by Gasteiger charge is -2.12. The lowest BCUT2D eigenvalue weighted by atomic mass is 10.0. The van der Waals surface area contributed by atoms with Crippen molar-refractivity contribution < 1.29 is 13.5 Å². The van der Waals surface area contributed by atoms with E-state index in [1.165, 1.54) is 0 Å². The molecule has 0 spiro atoms. The van der Waals surface area contributed by atoms with Crippen molar-refractivity contribution in [2.45, 2.75) is 19.3 Å². The summed E-state index contributed by atoms with van der Waals surface area (Å²) in [6.45, 7) is 2.18. The summed E-state index contributed by atoms with van der Waals surface area (Å²) in [4.78, 5) is 0. The molecule has 0 amide bonds. The molecular weight excluding hydrogens is 238 g/mol. The Balaban J connectivity index is 2.53. The van der Waals surface area contributed by atoms with Crippen LogP contribution in [-0.4, -0.2) is 32.4 Å². The molecule has 0 saturated carbocycles. The first-order chi connectivity index (χ1) is 8.05. The number of hydrogen-bond donors (Lipinski definition) is 2. The number of nitrogens with one attached hydrogen (secondary N) is 1. The fourth-order valence-corrected chi connectivity index (χ4v) is 3.00. The molecular formula is C12H19NO3S. The van der Waals surface area contributed by atoms with Gasteiger partial charge in [0.25, 0.3) is 0 Å². The second kappa shape index (κ2) is 6.74. The molecule has 0 aliphatic carbocycles. The molecule has 4 nitrogen and oxygen atoms in total. The lowest BCUT2D eigenvalue weighted by molar-refractivity contribution is 0.289. The van der Waals surface area contributed by atoms with Crippen LogP contribution < -0.4 is 4.72 Å². The van der Waals surface area contributed by atoms with Gasteiger partial charge in [0.2, 0.25) is 10.0 Å². The zero-order valence-corrected chi connectivity index (χ0v) is 10.8. The van der Waals surface area contributed by atoms with Crippen LogP contribution in [-0.2, 0) is 10.0 Å². The largest absolute Gasteiger partial charge is 0.396 e. The van der Waals surface area contributed by atoms with Crippen molar-refractivity contribution in [3.05, 3.63) is 35.9 Å². The molecule has 0 aromatic heterocycles. The highest BCUT2D eigenvalue weighted by Gasteiger charge is 2.16. The van der Waals surface area contributed by atoms with Crippen molar-refractivity contribution in [3.8, 4) is 0 Å². The molecule has 1 atom stereocenters. The molecule has 1 unspecified atom stereocenters. The molecule has 1 aromatic rings. The van der Waals surface area contributed by atoms with Crippen molar-refractivity contribution in [2.24, 2.45) is 0 Å². The molecule has 5 heteroatoms. The Morgan fingerprint density at radius 3 is 2.53 bits per heavy atom. The molecule has 0 saturated heterocycles. The molecule has 1 rings (SSSR count). The molecule has 0 heterocycles. The van der Waals surface area contributed by atoms with E-state index in [1.807, 2.05) is 37.3 Å². The minimum atomic E-state index is -3.26. The van der Waals surface area contributed by atoms with Gasteiger partial charge in [-0.2, -0.15) is 0 Å². The van der Waals surface area contributed by atoms with Gasteiger partial charge >= 0.3 is 0 Å². The van der Waals surface area contributed by atoms with Gasteiger partial charge in [-0.25, -0.2) is 13.1 Å². The Labute approximate surface area is 103 Å². The number of hydrogen-bond acceptors (Lipinski definition) is 3. The monoisotopic (exact) mass is 257 g/mol. The molecule has 0 aliphatic heterocycles. The second-order valence-electron chi connectivity index (χ2n) is 4.06. The van der Waals surface area contributed by atoms with Crippen LogP contribution >= 0.6 is 0 Å². The topological polar surface area (TPSA) is 66.4 Å². The van der Waals surface area contributed by atoms with Crippen molar-refractivity contribution in [1.82, 2.24) is 4.72 Å². The zero-order valence-electron chi connectivity index (χ0n) is 9.96. The summed E-state index contributed by atoms with van der Waals surface area (Å²) in [6, 6.07) is 9.56. The summed E-state index contributed by atoms with van der Waals surface area (Å²) in [6.07, 6.45) is 0.443. The van der Waals surface area contributed by atoms with Gasteiger partial charge in [-0.1, -0.05) is 37.3 Å². The first-order valence-electron chi connectivity index (χ1n) is 5.68. The Bertz CT molecular complexity index is 417. The summed E-state index contributed by atoms with van der Waals surface area (Å²) in [5.41, 5.74) is 1.01. The van der Waals surface area contributed by atoms with E-state index in [1.54, 1.807) is 0 Å². The second-order valence-corrected chi connectivity index (χ2v) is 5.92. The minimum Gasteiger partial charge on any atom is -0.396 e. The van der Waals surface area contributed by atoms with Gasteiger partial charge in [-0.05, 0) is 17.9 Å². The molecule has 96 valence electrons. The first kappa shape index (κ1) is 14.2. The van der Waals surface area contributed by atoms with Crippen molar-refractivity contribution >= 4 is 10.0 Å². The zero-order chi connectivity index (χ0) is 12.7. The highest BCUT2D eigenvalue weighted by molar-refractivity contribution is 7.89. The molecule has 17 heavy (non-hydrogen) atoms. The van der Waals surface area contributed by atoms with Crippen molar-refractivity contribution in [2.75, 3.05) is 18.9 Å². The van der Waals surface area contributed by atoms with Crippen LogP contribution in [0.5, 0.6) is 0 Å². The van der Waals surface area contributed by atoms with Gasteiger partial charge in [0, 0.05) is 13.2 Å². The van der Waals surface area contributed by atoms with Crippen LogP contribution in [0.15, 0.2) is 30.3 Å². The van der Waals surface area contributed by atoms with Crippen LogP contribution in [0.25, 0.3) is 0 Å². The van der Waals surface area contributed by atoms with Crippen molar-refractivity contribution in [1.29, 1.82) is 0 Å². The number of sulfonamides is 1. The van der Waals surface area contributed by atoms with Crippen LogP contribution in [0, 0.1) is 0 Å². The Morgan fingerprint density at radius 1 is 1.29 bits per heavy atom. The van der Waals surface area contributed by atoms with Gasteiger partial charge in [0.15, 0.2) is 0 Å². The SMILES string of the molecule is CC(CS(=O)(=O)NCCCO)c1ccccc1. The minimum absolute atomic E-state index is 0.00322. The van der Waals surface area contributed by atoms with Crippen LogP contribution in [0.4, 0.5) is 0 Å². The number of benzene rings is 1. The Morgan fingerprint density at radius 2 is 1.94 bits per heavy atom. The third kappa shape index (κ3) is 5.30. The fraction of sp³-hybridized carbons (Fsp3) is 0.500. The van der Waals surface area contributed by atoms with E-state index >= 15 is 0 Å². The molecule has 0 fully saturated rings. The Kier molecular flexibility index (Phi) is 5.61. The summed E-state index contributed by atoms with van der Waals surface area (Å²) >= 11 is 0. The first-order valence-corrected chi connectivity index (χ1v) is 7.33. The fourth-order valence-electron chi connectivity index (χ4n) is 1.57. The van der Waals surface area contributed by atoms with Gasteiger partial charge in [-0.15, -0.1) is 0 Å². The third-order valence-electron chi connectivity index (χ3n) is 2.49. The normalized spacial score (nSPS) is 13.5. The lowest BCUT2D eigenvalue weighted by Crippen LogP contribution is -2.29. The molecule has 0 aliphatic rings. The van der Waals surface area contributed by atoms with E-state index in [0.29, 0.717) is 13.0 Å². The highest BCUT2D eigenvalue weighted by atomic mass is 32.2. The summed E-state index contributed by atoms with van der Waals surface area (Å²) in [5, 5.41) is 8.59. The van der Waals surface area contributed by atoms with E-state index in [-0.39, 0.29) is 18.3 Å². The molecule has 0 radical (unpaired) electrons. The number of rotatable bonds is 7. The highest BCUT2D eigenvalue weighted by Crippen LogP contribution is 2.16. The Hall–Kier alpha value is -0.910. The van der Waals surface area contributed by atoms with Gasteiger partial charge in [-0.3, -0.25) is 0 Å². The predicted octanol–water partition coefficient (Wildman–Crippen LogP) is 1.09. The third-order valence-corrected chi connectivity index (χ3v) is 4.08. The maximum atomic E-state index is 11.7. The van der Waals surface area contributed by atoms with E-state index in [9.17, 15) is 8.42 Å². The van der Waals surface area contributed by atoms with Crippen LogP contribution in [0.3, 0.4) is 0 Å². The van der Waals surface area contributed by atoms with Gasteiger partial charge < -0.3 is 5.11 Å². The van der Waals surface area contributed by atoms with E-state index in [4.69, 9.17) is 5.11 Å². The smallest absolute Gasteiger partial charge is 0.212 e. The van der Waals surface area contributed by atoms with Crippen LogP contribution in [0.2, 0.25) is 0 Å². The number of aliphatic hydroxyl groups excluding tert-OH is 1. The summed E-state index contributed by atoms with van der Waals surface area (Å²) in [5.74, 6) is 0.0328. The predicted molar refractivity (Wildman–Crippen MR) is 68.3 cm³/mol. The molecule has 1 aromatic carbocycles. The maximum Gasteiger partial charge on any atom is 0.212 e. The standard InChI is InChI=1S/C12H19NO3S/c1-11(12-6-3-2-4-7-12)10-17(15,16)13-8-5-9-14/h2-4,6-7,11,13-14H,5,8-10H2,1H3.